The minimum Gasteiger partial charge on any atom is -0.398 e. The van der Waals surface area contributed by atoms with Gasteiger partial charge < -0.3 is 5.73 Å². The third-order valence-electron chi connectivity index (χ3n) is 3.35. The van der Waals surface area contributed by atoms with Gasteiger partial charge >= 0.3 is 0 Å². The summed E-state index contributed by atoms with van der Waals surface area (Å²) in [5, 5.41) is 2.41. The van der Waals surface area contributed by atoms with E-state index in [9.17, 15) is 0 Å². The van der Waals surface area contributed by atoms with E-state index in [-0.39, 0.29) is 0 Å². The van der Waals surface area contributed by atoms with Gasteiger partial charge in [0.05, 0.1) is 0 Å². The summed E-state index contributed by atoms with van der Waals surface area (Å²) in [6, 6.07) is 20.9. The van der Waals surface area contributed by atoms with Crippen molar-refractivity contribution in [2.24, 2.45) is 0 Å². The molecule has 0 aliphatic rings. The van der Waals surface area contributed by atoms with Crippen LogP contribution in [0.1, 0.15) is 5.56 Å². The van der Waals surface area contributed by atoms with Crippen LogP contribution in [0.2, 0.25) is 0 Å². The Balaban J connectivity index is 2.30. The van der Waals surface area contributed by atoms with Gasteiger partial charge in [-0.05, 0) is 41.0 Å². The zero-order valence-electron chi connectivity index (χ0n) is 10.4. The highest BCUT2D eigenvalue weighted by Crippen LogP contribution is 2.32. The molecule has 0 aliphatic heterocycles. The number of hydrogen-bond acceptors (Lipinski definition) is 1. The van der Waals surface area contributed by atoms with E-state index in [4.69, 9.17) is 5.73 Å². The first-order chi connectivity index (χ1) is 8.75. The molecular formula is C17H15N. The maximum absolute atomic E-state index is 6.19. The van der Waals surface area contributed by atoms with Crippen LogP contribution >= 0.6 is 0 Å². The first kappa shape index (κ1) is 10.8. The molecule has 0 fully saturated rings. The molecule has 0 saturated heterocycles. The lowest BCUT2D eigenvalue weighted by atomic mass is 9.96. The standard InChI is InChI=1S/C17H15N/c1-12-6-2-5-9-15(12)16-10-13-7-3-4-8-14(13)11-17(16)18/h2-11H,18H2,1H3. The summed E-state index contributed by atoms with van der Waals surface area (Å²) in [6.45, 7) is 2.12. The Kier molecular flexibility index (Phi) is 2.52. The molecule has 0 unspecified atom stereocenters. The smallest absolute Gasteiger partial charge is 0.0400 e. The molecular weight excluding hydrogens is 218 g/mol. The number of fused-ring (bicyclic) bond motifs is 1. The minimum absolute atomic E-state index is 0.836. The lowest BCUT2D eigenvalue weighted by molar-refractivity contribution is 1.46. The Bertz CT molecular complexity index is 714. The Labute approximate surface area is 107 Å². The quantitative estimate of drug-likeness (QED) is 0.619. The van der Waals surface area contributed by atoms with Crippen molar-refractivity contribution in [2.45, 2.75) is 6.92 Å². The molecule has 0 aromatic heterocycles. The van der Waals surface area contributed by atoms with E-state index in [2.05, 4.69) is 61.5 Å². The lowest BCUT2D eigenvalue weighted by Crippen LogP contribution is -1.92. The summed E-state index contributed by atoms with van der Waals surface area (Å²) in [5.74, 6) is 0. The maximum atomic E-state index is 6.19. The van der Waals surface area contributed by atoms with Crippen LogP contribution in [-0.4, -0.2) is 0 Å². The topological polar surface area (TPSA) is 26.0 Å². The van der Waals surface area contributed by atoms with Gasteiger partial charge in [0.1, 0.15) is 0 Å². The lowest BCUT2D eigenvalue weighted by Gasteiger charge is -2.10. The number of hydrogen-bond donors (Lipinski definition) is 1. The van der Waals surface area contributed by atoms with Gasteiger partial charge in [-0.15, -0.1) is 0 Å². The van der Waals surface area contributed by atoms with Crippen LogP contribution in [0.3, 0.4) is 0 Å². The predicted molar refractivity (Wildman–Crippen MR) is 78.5 cm³/mol. The first-order valence-electron chi connectivity index (χ1n) is 6.10. The number of nitrogen functional groups attached to an aromatic ring is 1. The highest BCUT2D eigenvalue weighted by atomic mass is 14.6. The highest BCUT2D eigenvalue weighted by Gasteiger charge is 2.06. The van der Waals surface area contributed by atoms with Gasteiger partial charge in [0, 0.05) is 11.3 Å². The fourth-order valence-electron chi connectivity index (χ4n) is 2.37. The molecule has 0 bridgehead atoms. The molecule has 0 saturated carbocycles. The summed E-state index contributed by atoms with van der Waals surface area (Å²) in [7, 11) is 0. The SMILES string of the molecule is Cc1ccccc1-c1cc2ccccc2cc1N. The molecule has 0 atom stereocenters. The van der Waals surface area contributed by atoms with Gasteiger partial charge in [0.15, 0.2) is 0 Å². The molecule has 18 heavy (non-hydrogen) atoms. The number of aryl methyl sites for hydroxylation is 1. The van der Waals surface area contributed by atoms with Crippen molar-refractivity contribution in [3.8, 4) is 11.1 Å². The normalized spacial score (nSPS) is 10.7. The van der Waals surface area contributed by atoms with E-state index in [0.717, 1.165) is 11.3 Å². The van der Waals surface area contributed by atoms with Crippen molar-refractivity contribution in [1.29, 1.82) is 0 Å². The molecule has 0 radical (unpaired) electrons. The van der Waals surface area contributed by atoms with Crippen molar-refractivity contribution in [3.05, 3.63) is 66.2 Å². The monoisotopic (exact) mass is 233 g/mol. The number of rotatable bonds is 1. The summed E-state index contributed by atoms with van der Waals surface area (Å²) in [6.07, 6.45) is 0. The Hall–Kier alpha value is -2.28. The van der Waals surface area contributed by atoms with E-state index in [1.807, 2.05) is 6.07 Å². The summed E-state index contributed by atoms with van der Waals surface area (Å²) >= 11 is 0. The Morgan fingerprint density at radius 3 is 2.06 bits per heavy atom. The third kappa shape index (κ3) is 1.74. The molecule has 2 N–H and O–H groups in total. The molecule has 0 amide bonds. The zero-order valence-corrected chi connectivity index (χ0v) is 10.4. The van der Waals surface area contributed by atoms with Crippen LogP contribution in [-0.2, 0) is 0 Å². The number of nitrogens with two attached hydrogens (primary N) is 1. The number of anilines is 1. The second-order valence-corrected chi connectivity index (χ2v) is 4.60. The van der Waals surface area contributed by atoms with Crippen molar-refractivity contribution < 1.29 is 0 Å². The van der Waals surface area contributed by atoms with Crippen LogP contribution in [0, 0.1) is 6.92 Å². The summed E-state index contributed by atoms with van der Waals surface area (Å²) in [5.41, 5.74) is 10.6. The van der Waals surface area contributed by atoms with E-state index in [0.29, 0.717) is 0 Å². The van der Waals surface area contributed by atoms with Gasteiger partial charge in [-0.3, -0.25) is 0 Å². The van der Waals surface area contributed by atoms with E-state index in [1.54, 1.807) is 0 Å². The van der Waals surface area contributed by atoms with Gasteiger partial charge in [0.25, 0.3) is 0 Å². The molecule has 0 spiro atoms. The predicted octanol–water partition coefficient (Wildman–Crippen LogP) is 4.40. The molecule has 88 valence electrons. The molecule has 3 rings (SSSR count). The number of benzene rings is 3. The van der Waals surface area contributed by atoms with Crippen LogP contribution in [0.25, 0.3) is 21.9 Å². The zero-order chi connectivity index (χ0) is 12.5. The summed E-state index contributed by atoms with van der Waals surface area (Å²) in [4.78, 5) is 0. The van der Waals surface area contributed by atoms with Crippen molar-refractivity contribution in [2.75, 3.05) is 5.73 Å². The van der Waals surface area contributed by atoms with E-state index in [1.165, 1.54) is 21.9 Å². The van der Waals surface area contributed by atoms with Crippen LogP contribution in [0.4, 0.5) is 5.69 Å². The molecule has 3 aromatic rings. The fraction of sp³-hybridized carbons (Fsp3) is 0.0588. The molecule has 1 nitrogen and oxygen atoms in total. The van der Waals surface area contributed by atoms with Gasteiger partial charge in [0.2, 0.25) is 0 Å². The first-order valence-corrected chi connectivity index (χ1v) is 6.10. The third-order valence-corrected chi connectivity index (χ3v) is 3.35. The average Bonchev–Trinajstić information content (AvgIpc) is 2.39. The van der Waals surface area contributed by atoms with E-state index < -0.39 is 0 Å². The van der Waals surface area contributed by atoms with Crippen molar-refractivity contribution in [3.63, 3.8) is 0 Å². The van der Waals surface area contributed by atoms with Gasteiger partial charge in [-0.25, -0.2) is 0 Å². The van der Waals surface area contributed by atoms with Crippen LogP contribution in [0.5, 0.6) is 0 Å². The van der Waals surface area contributed by atoms with Gasteiger partial charge in [-0.1, -0.05) is 48.5 Å². The largest absolute Gasteiger partial charge is 0.398 e. The molecule has 3 aromatic carbocycles. The molecule has 1 heteroatoms. The van der Waals surface area contributed by atoms with Crippen LogP contribution < -0.4 is 5.73 Å². The minimum atomic E-state index is 0.836. The average molecular weight is 233 g/mol. The van der Waals surface area contributed by atoms with Crippen LogP contribution in [0.15, 0.2) is 60.7 Å². The van der Waals surface area contributed by atoms with Crippen molar-refractivity contribution in [1.82, 2.24) is 0 Å². The second-order valence-electron chi connectivity index (χ2n) is 4.60. The van der Waals surface area contributed by atoms with Gasteiger partial charge in [-0.2, -0.15) is 0 Å². The fourth-order valence-corrected chi connectivity index (χ4v) is 2.37. The molecule has 0 heterocycles. The highest BCUT2D eigenvalue weighted by molar-refractivity contribution is 5.94. The Morgan fingerprint density at radius 2 is 1.33 bits per heavy atom. The summed E-state index contributed by atoms with van der Waals surface area (Å²) < 4.78 is 0. The Morgan fingerprint density at radius 1 is 0.722 bits per heavy atom. The molecule has 0 aliphatic carbocycles. The van der Waals surface area contributed by atoms with E-state index >= 15 is 0 Å². The maximum Gasteiger partial charge on any atom is 0.0400 e. The van der Waals surface area contributed by atoms with Crippen molar-refractivity contribution >= 4 is 16.5 Å². The second kappa shape index (κ2) is 4.19.